The molecule has 4 heteroatoms. The average Bonchev–Trinajstić information content (AvgIpc) is 2.75. The summed E-state index contributed by atoms with van der Waals surface area (Å²) in [7, 11) is 0. The lowest BCUT2D eigenvalue weighted by Gasteiger charge is -2.27. The van der Waals surface area contributed by atoms with Crippen LogP contribution in [0, 0.1) is 13.8 Å². The first kappa shape index (κ1) is 16.1. The topological polar surface area (TPSA) is 57.2 Å². The number of rotatable bonds is 5. The summed E-state index contributed by atoms with van der Waals surface area (Å²) in [5, 5.41) is 0. The second-order valence-electron chi connectivity index (χ2n) is 7.03. The Morgan fingerprint density at radius 2 is 1.81 bits per heavy atom. The van der Waals surface area contributed by atoms with Gasteiger partial charge in [0.05, 0.1) is 12.0 Å². The van der Waals surface area contributed by atoms with Crippen LogP contribution in [0.2, 0.25) is 0 Å². The van der Waals surface area contributed by atoms with E-state index >= 15 is 0 Å². The van der Waals surface area contributed by atoms with Crippen LogP contribution in [0.25, 0.3) is 0 Å². The maximum atomic E-state index is 12.1. The Hall–Kier alpha value is -1.29. The van der Waals surface area contributed by atoms with Gasteiger partial charge in [0.2, 0.25) is 5.91 Å². The molecule has 1 heterocycles. The summed E-state index contributed by atoms with van der Waals surface area (Å²) in [5.41, 5.74) is 10.0. The summed E-state index contributed by atoms with van der Waals surface area (Å²) >= 11 is 0. The van der Waals surface area contributed by atoms with Crippen LogP contribution in [0.5, 0.6) is 0 Å². The van der Waals surface area contributed by atoms with Crippen LogP contribution in [0.1, 0.15) is 56.6 Å². The van der Waals surface area contributed by atoms with Gasteiger partial charge in [0, 0.05) is 24.5 Å². The number of aromatic nitrogens is 1. The maximum absolute atomic E-state index is 12.1. The molecular formula is C17H28N2O2. The minimum Gasteiger partial charge on any atom is -0.380 e. The molecule has 0 saturated carbocycles. The third-order valence-corrected chi connectivity index (χ3v) is 5.01. The maximum Gasteiger partial charge on any atom is 0.227 e. The molecule has 2 rings (SSSR count). The summed E-state index contributed by atoms with van der Waals surface area (Å²) < 4.78 is 7.77. The zero-order chi connectivity index (χ0) is 16.0. The van der Waals surface area contributed by atoms with E-state index in [-0.39, 0.29) is 11.3 Å². The fourth-order valence-corrected chi connectivity index (χ4v) is 4.29. The van der Waals surface area contributed by atoms with Crippen LogP contribution in [0.3, 0.4) is 0 Å². The molecule has 21 heavy (non-hydrogen) atoms. The zero-order valence-corrected chi connectivity index (χ0v) is 14.2. The molecule has 1 aliphatic rings. The molecule has 0 spiro atoms. The van der Waals surface area contributed by atoms with Crippen LogP contribution < -0.4 is 5.73 Å². The van der Waals surface area contributed by atoms with Crippen molar-refractivity contribution in [1.29, 1.82) is 0 Å². The molecule has 0 aromatic carbocycles. The number of ether oxygens (including phenoxy) is 1. The molecule has 1 aromatic heterocycles. The molecular weight excluding hydrogens is 264 g/mol. The smallest absolute Gasteiger partial charge is 0.227 e. The largest absolute Gasteiger partial charge is 0.380 e. The molecule has 2 N–H and O–H groups in total. The first-order chi connectivity index (χ1) is 9.66. The van der Waals surface area contributed by atoms with Gasteiger partial charge in [0.1, 0.15) is 0 Å². The van der Waals surface area contributed by atoms with Crippen LogP contribution in [-0.2, 0) is 26.9 Å². The van der Waals surface area contributed by atoms with Gasteiger partial charge in [0.25, 0.3) is 0 Å². The van der Waals surface area contributed by atoms with Crippen molar-refractivity contribution in [3.63, 3.8) is 0 Å². The summed E-state index contributed by atoms with van der Waals surface area (Å²) in [4.78, 5) is 12.1. The highest BCUT2D eigenvalue weighted by Gasteiger charge is 2.51. The normalized spacial score (nSPS) is 23.3. The Labute approximate surface area is 127 Å². The number of hydrogen-bond acceptors (Lipinski definition) is 2. The molecule has 1 aromatic rings. The van der Waals surface area contributed by atoms with Gasteiger partial charge in [-0.15, -0.1) is 0 Å². The zero-order valence-electron chi connectivity index (χ0n) is 14.2. The van der Waals surface area contributed by atoms with Gasteiger partial charge < -0.3 is 15.0 Å². The van der Waals surface area contributed by atoms with Crippen LogP contribution >= 0.6 is 0 Å². The Bertz CT molecular complexity index is 572. The SMILES string of the molecule is CCOCCn1c(C)c2c(c1C)C(C)(C(N)=O)CC2(C)C. The van der Waals surface area contributed by atoms with Gasteiger partial charge in [-0.25, -0.2) is 0 Å². The highest BCUT2D eigenvalue weighted by Crippen LogP contribution is 2.52. The van der Waals surface area contributed by atoms with Crippen molar-refractivity contribution >= 4 is 5.91 Å². The van der Waals surface area contributed by atoms with Crippen LogP contribution in [0.15, 0.2) is 0 Å². The van der Waals surface area contributed by atoms with Crippen LogP contribution in [0.4, 0.5) is 0 Å². The fourth-order valence-electron chi connectivity index (χ4n) is 4.29. The number of hydrogen-bond donors (Lipinski definition) is 1. The molecule has 1 unspecified atom stereocenters. The number of fused-ring (bicyclic) bond motifs is 1. The molecule has 0 saturated heterocycles. The van der Waals surface area contributed by atoms with E-state index < -0.39 is 5.41 Å². The standard InChI is InChI=1S/C17H28N2O2/c1-7-21-9-8-19-11(2)13-14(12(19)3)17(6,15(18)20)10-16(13,4)5/h7-10H2,1-6H3,(H2,18,20). The van der Waals surface area contributed by atoms with Gasteiger partial charge in [-0.3, -0.25) is 4.79 Å². The number of carbonyl (C=O) groups excluding carboxylic acids is 1. The van der Waals surface area contributed by atoms with Crippen molar-refractivity contribution in [2.24, 2.45) is 5.73 Å². The van der Waals surface area contributed by atoms with Crippen molar-refractivity contribution in [3.05, 3.63) is 22.5 Å². The van der Waals surface area contributed by atoms with Crippen LogP contribution in [-0.4, -0.2) is 23.7 Å². The van der Waals surface area contributed by atoms with E-state index in [2.05, 4.69) is 32.3 Å². The number of amides is 1. The quantitative estimate of drug-likeness (QED) is 0.848. The van der Waals surface area contributed by atoms with Crippen molar-refractivity contribution in [1.82, 2.24) is 4.57 Å². The van der Waals surface area contributed by atoms with Crippen molar-refractivity contribution in [2.75, 3.05) is 13.2 Å². The third-order valence-electron chi connectivity index (χ3n) is 5.01. The lowest BCUT2D eigenvalue weighted by Crippen LogP contribution is -2.38. The molecule has 118 valence electrons. The number of nitrogens with two attached hydrogens (primary N) is 1. The molecule has 0 bridgehead atoms. The Kier molecular flexibility index (Phi) is 3.96. The third kappa shape index (κ3) is 2.30. The Morgan fingerprint density at radius 3 is 2.33 bits per heavy atom. The highest BCUT2D eigenvalue weighted by molar-refractivity contribution is 5.89. The predicted molar refractivity (Wildman–Crippen MR) is 84.6 cm³/mol. The average molecular weight is 292 g/mol. The van der Waals surface area contributed by atoms with Gasteiger partial charge in [-0.1, -0.05) is 13.8 Å². The van der Waals surface area contributed by atoms with Crippen molar-refractivity contribution in [2.45, 2.75) is 65.3 Å². The van der Waals surface area contributed by atoms with Gasteiger partial charge in [0.15, 0.2) is 0 Å². The molecule has 1 amide bonds. The highest BCUT2D eigenvalue weighted by atomic mass is 16.5. The molecule has 0 fully saturated rings. The molecule has 0 radical (unpaired) electrons. The molecule has 1 atom stereocenters. The lowest BCUT2D eigenvalue weighted by atomic mass is 9.79. The van der Waals surface area contributed by atoms with E-state index in [0.29, 0.717) is 6.61 Å². The summed E-state index contributed by atoms with van der Waals surface area (Å²) in [6.07, 6.45) is 0.786. The lowest BCUT2D eigenvalue weighted by molar-refractivity contribution is -0.123. The van der Waals surface area contributed by atoms with E-state index in [1.54, 1.807) is 0 Å². The summed E-state index contributed by atoms with van der Waals surface area (Å²) in [6, 6.07) is 0. The molecule has 4 nitrogen and oxygen atoms in total. The van der Waals surface area contributed by atoms with Gasteiger partial charge >= 0.3 is 0 Å². The predicted octanol–water partition coefficient (Wildman–Crippen LogP) is 2.57. The second-order valence-corrected chi connectivity index (χ2v) is 7.03. The number of carbonyl (C=O) groups is 1. The van der Waals surface area contributed by atoms with Crippen molar-refractivity contribution < 1.29 is 9.53 Å². The number of primary amides is 1. The fraction of sp³-hybridized carbons (Fsp3) is 0.706. The van der Waals surface area contributed by atoms with E-state index in [1.165, 1.54) is 11.3 Å². The number of nitrogens with zero attached hydrogens (tertiary/aromatic N) is 1. The minimum absolute atomic E-state index is 0.0230. The Balaban J connectivity index is 2.56. The summed E-state index contributed by atoms with van der Waals surface area (Å²) in [6.45, 7) is 14.9. The monoisotopic (exact) mass is 292 g/mol. The first-order valence-electron chi connectivity index (χ1n) is 7.75. The first-order valence-corrected chi connectivity index (χ1v) is 7.75. The van der Waals surface area contributed by atoms with Gasteiger partial charge in [-0.2, -0.15) is 0 Å². The van der Waals surface area contributed by atoms with E-state index in [9.17, 15) is 4.79 Å². The van der Waals surface area contributed by atoms with Gasteiger partial charge in [-0.05, 0) is 50.7 Å². The molecule has 1 aliphatic carbocycles. The van der Waals surface area contributed by atoms with E-state index in [4.69, 9.17) is 10.5 Å². The van der Waals surface area contributed by atoms with Crippen molar-refractivity contribution in [3.8, 4) is 0 Å². The minimum atomic E-state index is -0.565. The summed E-state index contributed by atoms with van der Waals surface area (Å²) in [5.74, 6) is -0.223. The Morgan fingerprint density at radius 1 is 1.24 bits per heavy atom. The second kappa shape index (κ2) is 5.16. The van der Waals surface area contributed by atoms with E-state index in [0.717, 1.165) is 30.8 Å². The van der Waals surface area contributed by atoms with E-state index in [1.807, 2.05) is 13.8 Å². The molecule has 0 aliphatic heterocycles.